The van der Waals surface area contributed by atoms with Gasteiger partial charge in [0.2, 0.25) is 0 Å². The van der Waals surface area contributed by atoms with E-state index in [2.05, 4.69) is 44.0 Å². The van der Waals surface area contributed by atoms with Gasteiger partial charge in [-0.2, -0.15) is 0 Å². The summed E-state index contributed by atoms with van der Waals surface area (Å²) in [6.45, 7) is 13.9. The van der Waals surface area contributed by atoms with Gasteiger partial charge >= 0.3 is 0 Å². The summed E-state index contributed by atoms with van der Waals surface area (Å²) in [5, 5.41) is 3.41. The molecule has 1 aliphatic heterocycles. The van der Waals surface area contributed by atoms with Crippen LogP contribution in [0.2, 0.25) is 0 Å². The first kappa shape index (κ1) is 16.0. The first-order chi connectivity index (χ1) is 9.63. The van der Waals surface area contributed by atoms with Crippen molar-refractivity contribution in [2.45, 2.75) is 59.4 Å². The predicted molar refractivity (Wildman–Crippen MR) is 86.3 cm³/mol. The van der Waals surface area contributed by atoms with Crippen molar-refractivity contribution < 1.29 is 4.74 Å². The first-order valence-corrected chi connectivity index (χ1v) is 8.60. The molecule has 4 heteroatoms. The minimum atomic E-state index is 0.359. The van der Waals surface area contributed by atoms with Gasteiger partial charge in [-0.15, -0.1) is 11.3 Å². The maximum atomic E-state index is 5.79. The van der Waals surface area contributed by atoms with Crippen LogP contribution in [0.25, 0.3) is 0 Å². The Hall–Kier alpha value is -0.420. The lowest BCUT2D eigenvalue weighted by molar-refractivity contribution is -0.0592. The Morgan fingerprint density at radius 2 is 2.25 bits per heavy atom. The lowest BCUT2D eigenvalue weighted by Crippen LogP contribution is -2.47. The average Bonchev–Trinajstić information content (AvgIpc) is 2.77. The zero-order valence-electron chi connectivity index (χ0n) is 13.2. The van der Waals surface area contributed by atoms with Crippen molar-refractivity contribution in [3.05, 3.63) is 21.4 Å². The van der Waals surface area contributed by atoms with E-state index in [1.165, 1.54) is 21.7 Å². The van der Waals surface area contributed by atoms with Gasteiger partial charge in [-0.25, -0.2) is 0 Å². The van der Waals surface area contributed by atoms with Gasteiger partial charge in [0.05, 0.1) is 12.7 Å². The van der Waals surface area contributed by atoms with Crippen LogP contribution in [0.5, 0.6) is 0 Å². The first-order valence-electron chi connectivity index (χ1n) is 7.78. The van der Waals surface area contributed by atoms with Gasteiger partial charge < -0.3 is 10.1 Å². The molecular weight excluding hydrogens is 268 g/mol. The molecule has 3 nitrogen and oxygen atoms in total. The van der Waals surface area contributed by atoms with Crippen molar-refractivity contribution in [2.24, 2.45) is 0 Å². The molecule has 2 atom stereocenters. The third kappa shape index (κ3) is 4.04. The molecule has 1 N–H and O–H groups in total. The summed E-state index contributed by atoms with van der Waals surface area (Å²) in [4.78, 5) is 5.51. The van der Waals surface area contributed by atoms with Crippen molar-refractivity contribution in [3.8, 4) is 0 Å². The number of hydrogen-bond donors (Lipinski definition) is 1. The molecule has 0 aromatic carbocycles. The van der Waals surface area contributed by atoms with Crippen LogP contribution in [-0.2, 0) is 17.8 Å². The minimum absolute atomic E-state index is 0.359. The molecule has 0 radical (unpaired) electrons. The fourth-order valence-corrected chi connectivity index (χ4v) is 3.80. The molecule has 2 heterocycles. The Balaban J connectivity index is 2.02. The highest BCUT2D eigenvalue weighted by Crippen LogP contribution is 2.25. The van der Waals surface area contributed by atoms with Crippen molar-refractivity contribution in [1.29, 1.82) is 0 Å². The van der Waals surface area contributed by atoms with Crippen LogP contribution >= 0.6 is 11.3 Å². The fraction of sp³-hybridized carbons (Fsp3) is 0.750. The van der Waals surface area contributed by atoms with Crippen molar-refractivity contribution >= 4 is 11.3 Å². The molecule has 2 rings (SSSR count). The standard InChI is InChI=1S/C16H28N2OS/c1-5-15-11-19-12(3)9-18(15)10-14-7-16(8-17-6-2)20-13(14)4/h7,12,15,17H,5-6,8-11H2,1-4H3. The summed E-state index contributed by atoms with van der Waals surface area (Å²) in [5.41, 5.74) is 1.50. The number of nitrogens with zero attached hydrogens (tertiary/aromatic N) is 1. The van der Waals surface area contributed by atoms with E-state index in [9.17, 15) is 0 Å². The molecule has 1 saturated heterocycles. The van der Waals surface area contributed by atoms with Crippen LogP contribution in [0.4, 0.5) is 0 Å². The summed E-state index contributed by atoms with van der Waals surface area (Å²) >= 11 is 1.93. The zero-order chi connectivity index (χ0) is 14.5. The molecule has 0 bridgehead atoms. The number of hydrogen-bond acceptors (Lipinski definition) is 4. The van der Waals surface area contributed by atoms with Gasteiger partial charge in [0, 0.05) is 35.4 Å². The van der Waals surface area contributed by atoms with Crippen LogP contribution in [0.3, 0.4) is 0 Å². The summed E-state index contributed by atoms with van der Waals surface area (Å²) in [6, 6.07) is 2.96. The van der Waals surface area contributed by atoms with Gasteiger partial charge in [0.15, 0.2) is 0 Å². The van der Waals surface area contributed by atoms with Crippen LogP contribution in [-0.4, -0.2) is 36.7 Å². The predicted octanol–water partition coefficient (Wildman–Crippen LogP) is 3.17. The van der Waals surface area contributed by atoms with E-state index in [-0.39, 0.29) is 0 Å². The molecule has 1 aliphatic rings. The summed E-state index contributed by atoms with van der Waals surface area (Å²) in [5.74, 6) is 0. The van der Waals surface area contributed by atoms with Crippen molar-refractivity contribution in [2.75, 3.05) is 19.7 Å². The molecule has 0 spiro atoms. The SMILES string of the molecule is CCNCc1cc(CN2CC(C)OCC2CC)c(C)s1. The Bertz CT molecular complexity index is 419. The minimum Gasteiger partial charge on any atom is -0.376 e. The molecule has 0 aliphatic carbocycles. The van der Waals surface area contributed by atoms with Gasteiger partial charge in [0.25, 0.3) is 0 Å². The van der Waals surface area contributed by atoms with E-state index in [4.69, 9.17) is 4.74 Å². The number of rotatable bonds is 6. The molecule has 0 saturated carbocycles. The largest absolute Gasteiger partial charge is 0.376 e. The van der Waals surface area contributed by atoms with Crippen molar-refractivity contribution in [3.63, 3.8) is 0 Å². The second-order valence-corrected chi connectivity index (χ2v) is 7.05. The summed E-state index contributed by atoms with van der Waals surface area (Å²) in [6.07, 6.45) is 1.53. The van der Waals surface area contributed by atoms with Crippen LogP contribution in [0.1, 0.15) is 42.5 Å². The monoisotopic (exact) mass is 296 g/mol. The van der Waals surface area contributed by atoms with E-state index in [1.807, 2.05) is 11.3 Å². The maximum absolute atomic E-state index is 5.79. The fourth-order valence-electron chi connectivity index (χ4n) is 2.78. The summed E-state index contributed by atoms with van der Waals surface area (Å²) < 4.78 is 5.79. The number of morpholine rings is 1. The average molecular weight is 296 g/mol. The molecule has 0 amide bonds. The van der Waals surface area contributed by atoms with Crippen LogP contribution in [0.15, 0.2) is 6.07 Å². The van der Waals surface area contributed by atoms with Crippen LogP contribution in [0, 0.1) is 6.92 Å². The third-order valence-corrected chi connectivity index (χ3v) is 5.14. The molecule has 20 heavy (non-hydrogen) atoms. The molecule has 114 valence electrons. The molecular formula is C16H28N2OS. The molecule has 1 aromatic heterocycles. The highest BCUT2D eigenvalue weighted by atomic mass is 32.1. The topological polar surface area (TPSA) is 24.5 Å². The van der Waals surface area contributed by atoms with E-state index < -0.39 is 0 Å². The van der Waals surface area contributed by atoms with Gasteiger partial charge in [0.1, 0.15) is 0 Å². The zero-order valence-corrected chi connectivity index (χ0v) is 14.1. The highest BCUT2D eigenvalue weighted by molar-refractivity contribution is 7.12. The number of ether oxygens (including phenoxy) is 1. The lowest BCUT2D eigenvalue weighted by Gasteiger charge is -2.38. The van der Waals surface area contributed by atoms with Gasteiger partial charge in [-0.1, -0.05) is 13.8 Å². The molecule has 2 unspecified atom stereocenters. The lowest BCUT2D eigenvalue weighted by atomic mass is 10.1. The number of thiophene rings is 1. The molecule has 1 aromatic rings. The third-order valence-electron chi connectivity index (χ3n) is 4.05. The van der Waals surface area contributed by atoms with Crippen LogP contribution < -0.4 is 5.32 Å². The van der Waals surface area contributed by atoms with E-state index in [1.54, 1.807) is 0 Å². The number of nitrogens with one attached hydrogen (secondary N) is 1. The van der Waals surface area contributed by atoms with Gasteiger partial charge in [-0.3, -0.25) is 4.90 Å². The maximum Gasteiger partial charge on any atom is 0.0674 e. The number of aryl methyl sites for hydroxylation is 1. The summed E-state index contributed by atoms with van der Waals surface area (Å²) in [7, 11) is 0. The van der Waals surface area contributed by atoms with E-state index >= 15 is 0 Å². The second-order valence-electron chi connectivity index (χ2n) is 5.71. The highest BCUT2D eigenvalue weighted by Gasteiger charge is 2.26. The Morgan fingerprint density at radius 1 is 1.45 bits per heavy atom. The molecule has 1 fully saturated rings. The van der Waals surface area contributed by atoms with E-state index in [0.717, 1.165) is 32.8 Å². The van der Waals surface area contributed by atoms with Gasteiger partial charge in [-0.05, 0) is 38.4 Å². The smallest absolute Gasteiger partial charge is 0.0674 e. The normalized spacial score (nSPS) is 24.2. The Kier molecular flexibility index (Phi) is 6.02. The van der Waals surface area contributed by atoms with Crippen molar-refractivity contribution in [1.82, 2.24) is 10.2 Å². The van der Waals surface area contributed by atoms with E-state index in [0.29, 0.717) is 12.1 Å². The Labute approximate surface area is 127 Å². The Morgan fingerprint density at radius 3 is 2.95 bits per heavy atom. The second kappa shape index (κ2) is 7.55. The quantitative estimate of drug-likeness (QED) is 0.872.